The van der Waals surface area contributed by atoms with Gasteiger partial charge in [0.05, 0.1) is 17.7 Å². The minimum atomic E-state index is -1.14. The molecular formula is C12H16F2N2O2. The highest BCUT2D eigenvalue weighted by atomic mass is 19.2. The molecule has 0 spiro atoms. The van der Waals surface area contributed by atoms with E-state index in [1.54, 1.807) is 13.8 Å². The summed E-state index contributed by atoms with van der Waals surface area (Å²) in [5.74, 6) is -2.90. The van der Waals surface area contributed by atoms with Crippen LogP contribution >= 0.6 is 0 Å². The molecule has 1 amide bonds. The van der Waals surface area contributed by atoms with Crippen molar-refractivity contribution in [1.29, 1.82) is 0 Å². The Balaban J connectivity index is 3.01. The van der Waals surface area contributed by atoms with Crippen LogP contribution in [0.5, 0.6) is 0 Å². The molecule has 4 N–H and O–H groups in total. The molecule has 0 radical (unpaired) electrons. The first-order valence-corrected chi connectivity index (χ1v) is 5.51. The van der Waals surface area contributed by atoms with Crippen LogP contribution in [-0.4, -0.2) is 23.2 Å². The van der Waals surface area contributed by atoms with Gasteiger partial charge in [-0.25, -0.2) is 8.78 Å². The van der Waals surface area contributed by atoms with Crippen LogP contribution in [0.25, 0.3) is 0 Å². The van der Waals surface area contributed by atoms with Gasteiger partial charge in [0, 0.05) is 11.8 Å². The second-order valence-corrected chi connectivity index (χ2v) is 4.38. The van der Waals surface area contributed by atoms with E-state index in [2.05, 4.69) is 5.32 Å². The summed E-state index contributed by atoms with van der Waals surface area (Å²) in [5, 5.41) is 11.7. The molecule has 0 aromatic heterocycles. The molecule has 100 valence electrons. The SMILES string of the molecule is CCC(C)(CO)NC(=O)c1cc(F)c(F)cc1N. The quantitative estimate of drug-likeness (QED) is 0.715. The highest BCUT2D eigenvalue weighted by Crippen LogP contribution is 2.18. The molecular weight excluding hydrogens is 242 g/mol. The van der Waals surface area contributed by atoms with E-state index in [0.717, 1.165) is 12.1 Å². The lowest BCUT2D eigenvalue weighted by atomic mass is 9.99. The van der Waals surface area contributed by atoms with Gasteiger partial charge < -0.3 is 16.2 Å². The number of carbonyl (C=O) groups is 1. The molecule has 4 nitrogen and oxygen atoms in total. The van der Waals surface area contributed by atoms with Crippen LogP contribution in [0.3, 0.4) is 0 Å². The molecule has 0 aliphatic carbocycles. The van der Waals surface area contributed by atoms with E-state index in [4.69, 9.17) is 10.8 Å². The van der Waals surface area contributed by atoms with Crippen LogP contribution in [0.1, 0.15) is 30.6 Å². The molecule has 1 atom stereocenters. The number of anilines is 1. The Morgan fingerprint density at radius 3 is 2.50 bits per heavy atom. The summed E-state index contributed by atoms with van der Waals surface area (Å²) in [6.07, 6.45) is 0.485. The predicted octanol–water partition coefficient (Wildman–Crippen LogP) is 1.44. The van der Waals surface area contributed by atoms with Crippen molar-refractivity contribution in [2.45, 2.75) is 25.8 Å². The van der Waals surface area contributed by atoms with Gasteiger partial charge in [0.15, 0.2) is 11.6 Å². The molecule has 0 saturated carbocycles. The summed E-state index contributed by atoms with van der Waals surface area (Å²) in [6, 6.07) is 1.50. The van der Waals surface area contributed by atoms with Crippen LogP contribution < -0.4 is 11.1 Å². The lowest BCUT2D eigenvalue weighted by Gasteiger charge is -2.27. The van der Waals surface area contributed by atoms with Crippen LogP contribution in [-0.2, 0) is 0 Å². The van der Waals surface area contributed by atoms with Crippen molar-refractivity contribution in [3.05, 3.63) is 29.3 Å². The van der Waals surface area contributed by atoms with Gasteiger partial charge in [0.2, 0.25) is 0 Å². The standard InChI is InChI=1S/C12H16F2N2O2/c1-3-12(2,6-17)16-11(18)7-4-8(13)9(14)5-10(7)15/h4-5,17H,3,6,15H2,1-2H3,(H,16,18). The number of hydrogen-bond donors (Lipinski definition) is 3. The summed E-state index contributed by atoms with van der Waals surface area (Å²) in [6.45, 7) is 3.16. The largest absolute Gasteiger partial charge is 0.398 e. The molecule has 6 heteroatoms. The van der Waals surface area contributed by atoms with E-state index in [-0.39, 0.29) is 17.9 Å². The fourth-order valence-electron chi connectivity index (χ4n) is 1.34. The molecule has 0 saturated heterocycles. The van der Waals surface area contributed by atoms with E-state index < -0.39 is 23.1 Å². The number of benzene rings is 1. The average Bonchev–Trinajstić information content (AvgIpc) is 2.33. The molecule has 0 aliphatic rings. The van der Waals surface area contributed by atoms with Crippen molar-refractivity contribution < 1.29 is 18.7 Å². The Hall–Kier alpha value is -1.69. The number of aliphatic hydroxyl groups is 1. The summed E-state index contributed by atoms with van der Waals surface area (Å²) < 4.78 is 25.9. The van der Waals surface area contributed by atoms with Crippen LogP contribution in [0.4, 0.5) is 14.5 Å². The second-order valence-electron chi connectivity index (χ2n) is 4.38. The fourth-order valence-corrected chi connectivity index (χ4v) is 1.34. The van der Waals surface area contributed by atoms with Gasteiger partial charge in [0.25, 0.3) is 5.91 Å². The van der Waals surface area contributed by atoms with Gasteiger partial charge >= 0.3 is 0 Å². The summed E-state index contributed by atoms with van der Waals surface area (Å²) in [4.78, 5) is 11.9. The maximum absolute atomic E-state index is 13.1. The molecule has 0 aliphatic heterocycles. The average molecular weight is 258 g/mol. The number of nitrogens with one attached hydrogen (secondary N) is 1. The molecule has 1 rings (SSSR count). The van der Waals surface area contributed by atoms with Gasteiger partial charge in [-0.1, -0.05) is 6.92 Å². The van der Waals surface area contributed by atoms with E-state index >= 15 is 0 Å². The van der Waals surface area contributed by atoms with Crippen molar-refractivity contribution in [3.63, 3.8) is 0 Å². The zero-order valence-electron chi connectivity index (χ0n) is 10.3. The lowest BCUT2D eigenvalue weighted by Crippen LogP contribution is -2.48. The Morgan fingerprint density at radius 1 is 1.44 bits per heavy atom. The monoisotopic (exact) mass is 258 g/mol. The third kappa shape index (κ3) is 2.95. The van der Waals surface area contributed by atoms with E-state index in [1.165, 1.54) is 0 Å². The first kappa shape index (κ1) is 14.4. The highest BCUT2D eigenvalue weighted by molar-refractivity contribution is 5.99. The fraction of sp³-hybridized carbons (Fsp3) is 0.417. The second kappa shape index (κ2) is 5.30. The minimum absolute atomic E-state index is 0.150. The van der Waals surface area contributed by atoms with Gasteiger partial charge in [0.1, 0.15) is 0 Å². The van der Waals surface area contributed by atoms with Gasteiger partial charge in [-0.3, -0.25) is 4.79 Å². The molecule has 18 heavy (non-hydrogen) atoms. The lowest BCUT2D eigenvalue weighted by molar-refractivity contribution is 0.0848. The summed E-state index contributed by atoms with van der Waals surface area (Å²) in [7, 11) is 0. The van der Waals surface area contributed by atoms with Crippen molar-refractivity contribution in [2.24, 2.45) is 0 Å². The van der Waals surface area contributed by atoms with Gasteiger partial charge in [-0.2, -0.15) is 0 Å². The van der Waals surface area contributed by atoms with E-state index in [0.29, 0.717) is 6.42 Å². The summed E-state index contributed by atoms with van der Waals surface area (Å²) >= 11 is 0. The molecule has 0 bridgehead atoms. The summed E-state index contributed by atoms with van der Waals surface area (Å²) in [5.41, 5.74) is 4.34. The number of amides is 1. The molecule has 1 unspecified atom stereocenters. The normalized spacial score (nSPS) is 14.1. The molecule has 1 aromatic rings. The molecule has 0 heterocycles. The number of halogens is 2. The first-order valence-electron chi connectivity index (χ1n) is 5.51. The van der Waals surface area contributed by atoms with E-state index in [9.17, 15) is 13.6 Å². The maximum atomic E-state index is 13.1. The zero-order chi connectivity index (χ0) is 13.9. The van der Waals surface area contributed by atoms with Crippen LogP contribution in [0.2, 0.25) is 0 Å². The van der Waals surface area contributed by atoms with Crippen molar-refractivity contribution in [2.75, 3.05) is 12.3 Å². The topological polar surface area (TPSA) is 75.3 Å². The highest BCUT2D eigenvalue weighted by Gasteiger charge is 2.25. The van der Waals surface area contributed by atoms with Gasteiger partial charge in [-0.05, 0) is 19.4 Å². The molecule has 0 fully saturated rings. The third-order valence-corrected chi connectivity index (χ3v) is 2.88. The van der Waals surface area contributed by atoms with E-state index in [1.807, 2.05) is 0 Å². The maximum Gasteiger partial charge on any atom is 0.253 e. The Bertz CT molecular complexity index is 460. The Morgan fingerprint density at radius 2 is 2.00 bits per heavy atom. The van der Waals surface area contributed by atoms with Crippen molar-refractivity contribution >= 4 is 11.6 Å². The third-order valence-electron chi connectivity index (χ3n) is 2.88. The van der Waals surface area contributed by atoms with Crippen molar-refractivity contribution in [1.82, 2.24) is 5.32 Å². The Labute approximate surface area is 104 Å². The number of rotatable bonds is 4. The number of aliphatic hydroxyl groups excluding tert-OH is 1. The minimum Gasteiger partial charge on any atom is -0.398 e. The van der Waals surface area contributed by atoms with Crippen LogP contribution in [0, 0.1) is 11.6 Å². The smallest absolute Gasteiger partial charge is 0.253 e. The van der Waals surface area contributed by atoms with Crippen molar-refractivity contribution in [3.8, 4) is 0 Å². The number of nitrogens with two attached hydrogens (primary N) is 1. The van der Waals surface area contributed by atoms with Gasteiger partial charge in [-0.15, -0.1) is 0 Å². The Kier molecular flexibility index (Phi) is 4.24. The molecule has 1 aromatic carbocycles. The zero-order valence-corrected chi connectivity index (χ0v) is 10.3. The van der Waals surface area contributed by atoms with Crippen LogP contribution in [0.15, 0.2) is 12.1 Å². The number of nitrogen functional groups attached to an aromatic ring is 1. The first-order chi connectivity index (χ1) is 8.33. The number of carbonyl (C=O) groups excluding carboxylic acids is 1. The predicted molar refractivity (Wildman–Crippen MR) is 64.0 cm³/mol. The number of hydrogen-bond acceptors (Lipinski definition) is 3.